The van der Waals surface area contributed by atoms with E-state index in [1.807, 2.05) is 25.1 Å². The minimum Gasteiger partial charge on any atom is -0.320 e. The van der Waals surface area contributed by atoms with Gasteiger partial charge in [0.2, 0.25) is 5.91 Å². The molecular formula is C24H23N3O4S. The maximum absolute atomic E-state index is 12.8. The summed E-state index contributed by atoms with van der Waals surface area (Å²) in [5, 5.41) is 2.83. The van der Waals surface area contributed by atoms with Crippen molar-refractivity contribution < 1.29 is 18.0 Å². The Morgan fingerprint density at radius 1 is 0.906 bits per heavy atom. The van der Waals surface area contributed by atoms with E-state index in [-0.39, 0.29) is 16.7 Å². The van der Waals surface area contributed by atoms with Crippen LogP contribution in [0.5, 0.6) is 0 Å². The Morgan fingerprint density at radius 2 is 1.56 bits per heavy atom. The van der Waals surface area contributed by atoms with E-state index in [4.69, 9.17) is 0 Å². The van der Waals surface area contributed by atoms with Crippen molar-refractivity contribution in [3.63, 3.8) is 0 Å². The van der Waals surface area contributed by atoms with Crippen molar-refractivity contribution in [3.8, 4) is 0 Å². The molecule has 0 spiro atoms. The molecular weight excluding hydrogens is 426 g/mol. The highest BCUT2D eigenvalue weighted by Gasteiger charge is 2.24. The number of sulfonamides is 1. The van der Waals surface area contributed by atoms with Gasteiger partial charge < -0.3 is 10.2 Å². The molecule has 1 heterocycles. The summed E-state index contributed by atoms with van der Waals surface area (Å²) < 4.78 is 28.0. The van der Waals surface area contributed by atoms with E-state index < -0.39 is 10.0 Å². The third kappa shape index (κ3) is 4.50. The van der Waals surface area contributed by atoms with Crippen LogP contribution >= 0.6 is 0 Å². The zero-order valence-corrected chi connectivity index (χ0v) is 18.4. The van der Waals surface area contributed by atoms with Crippen LogP contribution in [0.25, 0.3) is 0 Å². The van der Waals surface area contributed by atoms with Gasteiger partial charge in [0.05, 0.1) is 22.0 Å². The number of anilines is 3. The van der Waals surface area contributed by atoms with Gasteiger partial charge in [0.1, 0.15) is 0 Å². The zero-order chi connectivity index (χ0) is 22.7. The van der Waals surface area contributed by atoms with Gasteiger partial charge in [-0.15, -0.1) is 0 Å². The first-order chi connectivity index (χ1) is 15.3. The summed E-state index contributed by atoms with van der Waals surface area (Å²) in [4.78, 5) is 26.6. The molecule has 32 heavy (non-hydrogen) atoms. The van der Waals surface area contributed by atoms with E-state index in [0.29, 0.717) is 35.6 Å². The van der Waals surface area contributed by atoms with Crippen molar-refractivity contribution in [2.45, 2.75) is 24.7 Å². The molecule has 8 heteroatoms. The SMILES string of the molecule is Cc1ccccc1NS(=O)(=O)c1ccc(C(=O)Nc2ccccc2N2CCCC2=O)cc1. The third-order valence-electron chi connectivity index (χ3n) is 5.33. The van der Waals surface area contributed by atoms with Gasteiger partial charge in [-0.3, -0.25) is 14.3 Å². The molecule has 1 aliphatic rings. The van der Waals surface area contributed by atoms with E-state index in [9.17, 15) is 18.0 Å². The Hall–Kier alpha value is -3.65. The van der Waals surface area contributed by atoms with Gasteiger partial charge in [-0.05, 0) is 61.4 Å². The standard InChI is InChI=1S/C24H23N3O4S/c1-17-7-2-3-8-20(17)26-32(30,31)19-14-12-18(13-15-19)24(29)25-21-9-4-5-10-22(21)27-16-6-11-23(27)28/h2-5,7-10,12-15,26H,6,11,16H2,1H3,(H,25,29). The number of benzene rings is 3. The van der Waals surface area contributed by atoms with Crippen LogP contribution < -0.4 is 14.9 Å². The number of aryl methyl sites for hydroxylation is 1. The molecule has 1 saturated heterocycles. The molecule has 1 fully saturated rings. The minimum absolute atomic E-state index is 0.0300. The van der Waals surface area contributed by atoms with Gasteiger partial charge in [0.15, 0.2) is 0 Å². The largest absolute Gasteiger partial charge is 0.320 e. The van der Waals surface area contributed by atoms with Gasteiger partial charge in [0.25, 0.3) is 15.9 Å². The number of carbonyl (C=O) groups is 2. The number of hydrogen-bond donors (Lipinski definition) is 2. The van der Waals surface area contributed by atoms with E-state index in [1.54, 1.807) is 35.2 Å². The van der Waals surface area contributed by atoms with E-state index in [1.165, 1.54) is 24.3 Å². The van der Waals surface area contributed by atoms with Crippen LogP contribution in [0.4, 0.5) is 17.1 Å². The van der Waals surface area contributed by atoms with Crippen molar-refractivity contribution in [2.24, 2.45) is 0 Å². The lowest BCUT2D eigenvalue weighted by molar-refractivity contribution is -0.117. The summed E-state index contributed by atoms with van der Waals surface area (Å²) >= 11 is 0. The molecule has 0 aliphatic carbocycles. The summed E-state index contributed by atoms with van der Waals surface area (Å²) in [6.07, 6.45) is 1.28. The molecule has 164 valence electrons. The van der Waals surface area contributed by atoms with E-state index >= 15 is 0 Å². The fraction of sp³-hybridized carbons (Fsp3) is 0.167. The number of hydrogen-bond acceptors (Lipinski definition) is 4. The number of para-hydroxylation sites is 3. The lowest BCUT2D eigenvalue weighted by Gasteiger charge is -2.20. The normalized spacial score (nSPS) is 13.8. The quantitative estimate of drug-likeness (QED) is 0.590. The molecule has 7 nitrogen and oxygen atoms in total. The fourth-order valence-electron chi connectivity index (χ4n) is 3.59. The molecule has 3 aromatic carbocycles. The smallest absolute Gasteiger partial charge is 0.261 e. The third-order valence-corrected chi connectivity index (χ3v) is 6.71. The molecule has 2 N–H and O–H groups in total. The lowest BCUT2D eigenvalue weighted by atomic mass is 10.2. The van der Waals surface area contributed by atoms with E-state index in [0.717, 1.165) is 12.0 Å². The van der Waals surface area contributed by atoms with Crippen molar-refractivity contribution in [1.82, 2.24) is 0 Å². The van der Waals surface area contributed by atoms with Crippen LogP contribution in [-0.2, 0) is 14.8 Å². The molecule has 0 saturated carbocycles. The molecule has 4 rings (SSSR count). The predicted molar refractivity (Wildman–Crippen MR) is 124 cm³/mol. The minimum atomic E-state index is -3.79. The van der Waals surface area contributed by atoms with Gasteiger partial charge in [0, 0.05) is 18.5 Å². The van der Waals surface area contributed by atoms with Gasteiger partial charge >= 0.3 is 0 Å². The van der Waals surface area contributed by atoms with Crippen molar-refractivity contribution >= 4 is 38.9 Å². The van der Waals surface area contributed by atoms with Crippen LogP contribution in [0.15, 0.2) is 77.7 Å². The van der Waals surface area contributed by atoms with Crippen LogP contribution in [0, 0.1) is 6.92 Å². The molecule has 0 aromatic heterocycles. The second kappa shape index (κ2) is 8.84. The Balaban J connectivity index is 1.51. The summed E-state index contributed by atoms with van der Waals surface area (Å²) in [5.74, 6) is -0.359. The van der Waals surface area contributed by atoms with Gasteiger partial charge in [-0.2, -0.15) is 0 Å². The average Bonchev–Trinajstić information content (AvgIpc) is 3.21. The molecule has 3 aromatic rings. The van der Waals surface area contributed by atoms with Crippen LogP contribution in [0.2, 0.25) is 0 Å². The Bertz CT molecular complexity index is 1270. The molecule has 1 aliphatic heterocycles. The Morgan fingerprint density at radius 3 is 2.22 bits per heavy atom. The van der Waals surface area contributed by atoms with E-state index in [2.05, 4.69) is 10.0 Å². The van der Waals surface area contributed by atoms with Crippen LogP contribution in [0.1, 0.15) is 28.8 Å². The highest BCUT2D eigenvalue weighted by molar-refractivity contribution is 7.92. The summed E-state index contributed by atoms with van der Waals surface area (Å²) in [5.41, 5.74) is 2.81. The molecule has 2 amide bonds. The number of nitrogens with one attached hydrogen (secondary N) is 2. The van der Waals surface area contributed by atoms with Crippen LogP contribution in [-0.4, -0.2) is 26.8 Å². The second-order valence-electron chi connectivity index (χ2n) is 7.57. The lowest BCUT2D eigenvalue weighted by Crippen LogP contribution is -2.25. The highest BCUT2D eigenvalue weighted by Crippen LogP contribution is 2.30. The number of carbonyl (C=O) groups excluding carboxylic acids is 2. The summed E-state index contributed by atoms with van der Waals surface area (Å²) in [7, 11) is -3.79. The average molecular weight is 450 g/mol. The zero-order valence-electron chi connectivity index (χ0n) is 17.5. The maximum Gasteiger partial charge on any atom is 0.261 e. The first kappa shape index (κ1) is 21.6. The van der Waals surface area contributed by atoms with Crippen molar-refractivity contribution in [2.75, 3.05) is 21.5 Å². The monoisotopic (exact) mass is 449 g/mol. The summed E-state index contributed by atoms with van der Waals surface area (Å²) in [6.45, 7) is 2.44. The maximum atomic E-state index is 12.8. The first-order valence-corrected chi connectivity index (χ1v) is 11.7. The molecule has 0 bridgehead atoms. The van der Waals surface area contributed by atoms with Crippen LogP contribution in [0.3, 0.4) is 0 Å². The topological polar surface area (TPSA) is 95.6 Å². The second-order valence-corrected chi connectivity index (χ2v) is 9.25. The number of amides is 2. The summed E-state index contributed by atoms with van der Waals surface area (Å²) in [6, 6.07) is 20.0. The Kier molecular flexibility index (Phi) is 5.96. The number of rotatable bonds is 6. The highest BCUT2D eigenvalue weighted by atomic mass is 32.2. The molecule has 0 radical (unpaired) electrons. The number of nitrogens with zero attached hydrogens (tertiary/aromatic N) is 1. The predicted octanol–water partition coefficient (Wildman–Crippen LogP) is 4.17. The van der Waals surface area contributed by atoms with Gasteiger partial charge in [-0.25, -0.2) is 8.42 Å². The molecule has 0 atom stereocenters. The molecule has 0 unspecified atom stereocenters. The van der Waals surface area contributed by atoms with Gasteiger partial charge in [-0.1, -0.05) is 30.3 Å². The Labute approximate surface area is 187 Å². The van der Waals surface area contributed by atoms with Crippen molar-refractivity contribution in [3.05, 3.63) is 83.9 Å². The van der Waals surface area contributed by atoms with Crippen molar-refractivity contribution in [1.29, 1.82) is 0 Å². The fourth-order valence-corrected chi connectivity index (χ4v) is 4.72. The first-order valence-electron chi connectivity index (χ1n) is 10.2.